The van der Waals surface area contributed by atoms with Gasteiger partial charge >= 0.3 is 5.97 Å². The van der Waals surface area contributed by atoms with Crippen LogP contribution < -0.4 is 5.56 Å². The first kappa shape index (κ1) is 16.2. The number of ether oxygens (including phenoxy) is 1. The van der Waals surface area contributed by atoms with Gasteiger partial charge in [0.2, 0.25) is 0 Å². The second-order valence-corrected chi connectivity index (χ2v) is 4.96. The number of aromatic nitrogens is 1. The summed E-state index contributed by atoms with van der Waals surface area (Å²) in [4.78, 5) is 24.6. The molecule has 0 bridgehead atoms. The highest BCUT2D eigenvalue weighted by atomic mass is 35.5. The number of carbonyl (C=O) groups is 1. The molecule has 4 nitrogen and oxygen atoms in total. The van der Waals surface area contributed by atoms with Gasteiger partial charge in [-0.05, 0) is 37.6 Å². The highest BCUT2D eigenvalue weighted by molar-refractivity contribution is 6.33. The lowest BCUT2D eigenvalue weighted by atomic mass is 10.2. The Kier molecular flexibility index (Phi) is 4.98. The zero-order valence-electron chi connectivity index (χ0n) is 12.2. The Hall–Kier alpha value is -2.14. The standard InChI is InChI=1S/C16H15ClFNO3/c1-3-11-9-13(17)14(16(21)22-4-2)15(20)19(11)12-7-5-6-10(18)8-12/h5-9H,3-4H2,1-2H3. The SMILES string of the molecule is CCOC(=O)c1c(Cl)cc(CC)n(-c2cccc(F)c2)c1=O. The van der Waals surface area contributed by atoms with Crippen LogP contribution in [0.3, 0.4) is 0 Å². The van der Waals surface area contributed by atoms with Crippen LogP contribution in [0.5, 0.6) is 0 Å². The van der Waals surface area contributed by atoms with E-state index in [1.807, 2.05) is 6.92 Å². The number of hydrogen-bond acceptors (Lipinski definition) is 3. The third kappa shape index (κ3) is 3.04. The van der Waals surface area contributed by atoms with Gasteiger partial charge in [-0.15, -0.1) is 0 Å². The first-order valence-electron chi connectivity index (χ1n) is 6.87. The number of benzene rings is 1. The number of rotatable bonds is 4. The molecule has 2 aromatic rings. The zero-order valence-corrected chi connectivity index (χ0v) is 13.0. The van der Waals surface area contributed by atoms with Crippen molar-refractivity contribution in [2.75, 3.05) is 6.61 Å². The second kappa shape index (κ2) is 6.75. The van der Waals surface area contributed by atoms with Crippen molar-refractivity contribution in [1.29, 1.82) is 0 Å². The fourth-order valence-electron chi connectivity index (χ4n) is 2.17. The van der Waals surface area contributed by atoms with E-state index in [-0.39, 0.29) is 17.2 Å². The summed E-state index contributed by atoms with van der Waals surface area (Å²) >= 11 is 6.05. The Balaban J connectivity index is 2.75. The highest BCUT2D eigenvalue weighted by Crippen LogP contribution is 2.19. The van der Waals surface area contributed by atoms with Crippen molar-refractivity contribution in [3.63, 3.8) is 0 Å². The number of pyridine rings is 1. The molecule has 0 unspecified atom stereocenters. The summed E-state index contributed by atoms with van der Waals surface area (Å²) in [6, 6.07) is 7.12. The molecule has 2 rings (SSSR count). The molecule has 0 aliphatic heterocycles. The topological polar surface area (TPSA) is 48.3 Å². The Morgan fingerprint density at radius 3 is 2.64 bits per heavy atom. The van der Waals surface area contributed by atoms with Crippen molar-refractivity contribution in [2.45, 2.75) is 20.3 Å². The molecular formula is C16H15ClFNO3. The monoisotopic (exact) mass is 323 g/mol. The second-order valence-electron chi connectivity index (χ2n) is 4.55. The van der Waals surface area contributed by atoms with E-state index in [2.05, 4.69) is 0 Å². The molecule has 1 aromatic carbocycles. The average Bonchev–Trinajstić information content (AvgIpc) is 2.46. The van der Waals surface area contributed by atoms with Crippen LogP contribution in [-0.4, -0.2) is 17.1 Å². The maximum absolute atomic E-state index is 13.4. The number of nitrogens with zero attached hydrogens (tertiary/aromatic N) is 1. The number of halogens is 2. The van der Waals surface area contributed by atoms with Crippen LogP contribution in [-0.2, 0) is 11.2 Å². The van der Waals surface area contributed by atoms with Crippen LogP contribution in [0.15, 0.2) is 35.1 Å². The molecule has 0 aliphatic rings. The summed E-state index contributed by atoms with van der Waals surface area (Å²) in [7, 11) is 0. The van der Waals surface area contributed by atoms with E-state index in [1.165, 1.54) is 28.8 Å². The van der Waals surface area contributed by atoms with Crippen molar-refractivity contribution in [1.82, 2.24) is 4.57 Å². The van der Waals surface area contributed by atoms with Gasteiger partial charge in [0, 0.05) is 5.69 Å². The highest BCUT2D eigenvalue weighted by Gasteiger charge is 2.21. The first-order valence-corrected chi connectivity index (χ1v) is 7.24. The van der Waals surface area contributed by atoms with Crippen molar-refractivity contribution >= 4 is 17.6 Å². The Labute approximate surface area is 132 Å². The summed E-state index contributed by atoms with van der Waals surface area (Å²) in [5.74, 6) is -1.26. The molecule has 0 saturated heterocycles. The molecule has 0 amide bonds. The molecular weight excluding hydrogens is 309 g/mol. The molecule has 6 heteroatoms. The third-order valence-electron chi connectivity index (χ3n) is 3.14. The molecule has 0 N–H and O–H groups in total. The minimum absolute atomic E-state index is 0.0351. The van der Waals surface area contributed by atoms with E-state index in [4.69, 9.17) is 16.3 Å². The van der Waals surface area contributed by atoms with Crippen LogP contribution in [0.2, 0.25) is 5.02 Å². The van der Waals surface area contributed by atoms with Gasteiger partial charge in [-0.3, -0.25) is 9.36 Å². The van der Waals surface area contributed by atoms with Crippen molar-refractivity contribution in [3.05, 3.63) is 62.8 Å². The van der Waals surface area contributed by atoms with Gasteiger partial charge in [-0.1, -0.05) is 24.6 Å². The van der Waals surface area contributed by atoms with E-state index < -0.39 is 17.3 Å². The van der Waals surface area contributed by atoms with E-state index in [9.17, 15) is 14.0 Å². The van der Waals surface area contributed by atoms with Gasteiger partial charge in [0.15, 0.2) is 0 Å². The maximum Gasteiger partial charge on any atom is 0.345 e. The quantitative estimate of drug-likeness (QED) is 0.811. The summed E-state index contributed by atoms with van der Waals surface area (Å²) in [5.41, 5.74) is 0.0519. The molecule has 116 valence electrons. The minimum atomic E-state index is -0.787. The lowest BCUT2D eigenvalue weighted by molar-refractivity contribution is 0.0524. The molecule has 0 spiro atoms. The summed E-state index contributed by atoms with van der Waals surface area (Å²) < 4.78 is 19.6. The lowest BCUT2D eigenvalue weighted by Gasteiger charge is -2.14. The van der Waals surface area contributed by atoms with Gasteiger partial charge in [0.05, 0.1) is 17.3 Å². The van der Waals surface area contributed by atoms with Crippen molar-refractivity contribution in [3.8, 4) is 5.69 Å². The van der Waals surface area contributed by atoms with Crippen LogP contribution in [0, 0.1) is 5.82 Å². The van der Waals surface area contributed by atoms with Crippen molar-refractivity contribution < 1.29 is 13.9 Å². The fourth-order valence-corrected chi connectivity index (χ4v) is 2.46. The summed E-state index contributed by atoms with van der Waals surface area (Å²) in [6.07, 6.45) is 0.495. The Morgan fingerprint density at radius 1 is 1.32 bits per heavy atom. The van der Waals surface area contributed by atoms with E-state index in [1.54, 1.807) is 13.0 Å². The molecule has 0 fully saturated rings. The minimum Gasteiger partial charge on any atom is -0.462 e. The summed E-state index contributed by atoms with van der Waals surface area (Å²) in [5, 5.41) is 0.0351. The number of esters is 1. The smallest absolute Gasteiger partial charge is 0.345 e. The van der Waals surface area contributed by atoms with Gasteiger partial charge in [0.1, 0.15) is 11.4 Å². The molecule has 22 heavy (non-hydrogen) atoms. The van der Waals surface area contributed by atoms with Crippen molar-refractivity contribution in [2.24, 2.45) is 0 Å². The molecule has 0 aliphatic carbocycles. The van der Waals surface area contributed by atoms with E-state index >= 15 is 0 Å². The predicted octanol–water partition coefficient (Wildman–Crippen LogP) is 3.37. The molecule has 0 saturated carbocycles. The largest absolute Gasteiger partial charge is 0.462 e. The lowest BCUT2D eigenvalue weighted by Crippen LogP contribution is -2.29. The predicted molar refractivity (Wildman–Crippen MR) is 82.3 cm³/mol. The zero-order chi connectivity index (χ0) is 16.3. The molecule has 1 heterocycles. The Morgan fingerprint density at radius 2 is 2.05 bits per heavy atom. The molecule has 1 aromatic heterocycles. The van der Waals surface area contributed by atoms with Gasteiger partial charge in [-0.2, -0.15) is 0 Å². The maximum atomic E-state index is 13.4. The van der Waals surface area contributed by atoms with Crippen LogP contribution in [0.4, 0.5) is 4.39 Å². The van der Waals surface area contributed by atoms with E-state index in [0.717, 1.165) is 0 Å². The molecule has 0 radical (unpaired) electrons. The van der Waals surface area contributed by atoms with Crippen LogP contribution in [0.25, 0.3) is 5.69 Å². The third-order valence-corrected chi connectivity index (χ3v) is 3.44. The van der Waals surface area contributed by atoms with E-state index in [0.29, 0.717) is 17.8 Å². The van der Waals surface area contributed by atoms with Gasteiger partial charge in [-0.25, -0.2) is 9.18 Å². The first-order chi connectivity index (χ1) is 10.5. The molecule has 0 atom stereocenters. The van der Waals surface area contributed by atoms with Gasteiger partial charge < -0.3 is 4.74 Å². The number of carbonyl (C=O) groups excluding carboxylic acids is 1. The average molecular weight is 324 g/mol. The van der Waals surface area contributed by atoms with Crippen LogP contribution in [0.1, 0.15) is 29.9 Å². The Bertz CT molecular complexity index is 770. The number of hydrogen-bond donors (Lipinski definition) is 0. The van der Waals surface area contributed by atoms with Crippen LogP contribution >= 0.6 is 11.6 Å². The normalized spacial score (nSPS) is 10.5. The van der Waals surface area contributed by atoms with Gasteiger partial charge in [0.25, 0.3) is 5.56 Å². The summed E-state index contributed by atoms with van der Waals surface area (Å²) in [6.45, 7) is 3.60. The number of aryl methyl sites for hydroxylation is 1. The fraction of sp³-hybridized carbons (Fsp3) is 0.250.